The molecule has 2 rings (SSSR count). The largest absolute Gasteiger partial charge is 0.305 e. The Morgan fingerprint density at radius 1 is 1.12 bits per heavy atom. The summed E-state index contributed by atoms with van der Waals surface area (Å²) in [6, 6.07) is 9.29. The fraction of sp³-hybridized carbons (Fsp3) is 0.600. The molecule has 1 aliphatic heterocycles. The number of hydrogen-bond donors (Lipinski definition) is 1. The first-order valence-corrected chi connectivity index (χ1v) is 6.19. The Morgan fingerprint density at radius 2 is 1.75 bits per heavy atom. The van der Waals surface area contributed by atoms with E-state index in [1.165, 1.54) is 17.5 Å². The molecule has 1 aromatic rings. The fourth-order valence-electron chi connectivity index (χ4n) is 3.41. The van der Waals surface area contributed by atoms with Crippen LogP contribution in [0, 0.1) is 0 Å². The van der Waals surface area contributed by atoms with Crippen LogP contribution in [0.15, 0.2) is 24.3 Å². The lowest BCUT2D eigenvalue weighted by atomic mass is 9.75. The highest BCUT2D eigenvalue weighted by Crippen LogP contribution is 2.40. The van der Waals surface area contributed by atoms with E-state index in [9.17, 15) is 0 Å². The van der Waals surface area contributed by atoms with Gasteiger partial charge in [0, 0.05) is 11.6 Å². The molecule has 16 heavy (non-hydrogen) atoms. The van der Waals surface area contributed by atoms with Gasteiger partial charge >= 0.3 is 0 Å². The van der Waals surface area contributed by atoms with Crippen molar-refractivity contribution < 1.29 is 0 Å². The highest BCUT2D eigenvalue weighted by molar-refractivity contribution is 5.37. The average molecular weight is 217 g/mol. The van der Waals surface area contributed by atoms with Crippen molar-refractivity contribution in [1.82, 2.24) is 5.32 Å². The molecule has 1 N–H and O–H groups in total. The molecule has 1 aliphatic rings. The van der Waals surface area contributed by atoms with Crippen LogP contribution in [0.2, 0.25) is 0 Å². The Morgan fingerprint density at radius 3 is 2.44 bits per heavy atom. The summed E-state index contributed by atoms with van der Waals surface area (Å²) in [5.74, 6) is 0. The Bertz CT molecular complexity index is 390. The van der Waals surface area contributed by atoms with E-state index < -0.39 is 0 Å². The second-order valence-electron chi connectivity index (χ2n) is 6.40. The lowest BCUT2D eigenvalue weighted by molar-refractivity contribution is 0.285. The van der Waals surface area contributed by atoms with Crippen LogP contribution >= 0.6 is 0 Å². The highest BCUT2D eigenvalue weighted by Gasteiger charge is 2.36. The number of benzene rings is 1. The molecule has 1 heterocycles. The first kappa shape index (κ1) is 11.7. The summed E-state index contributed by atoms with van der Waals surface area (Å²) in [5, 5.41) is 3.73. The molecule has 0 aromatic heterocycles. The zero-order chi connectivity index (χ0) is 12.0. The van der Waals surface area contributed by atoms with Gasteiger partial charge in [0.1, 0.15) is 0 Å². The standard InChI is InChI=1S/C15H23N/c1-11-12-8-6-7-9-13(12)14(2,3)10-15(4,5)16-11/h6-9,11,16H,10H2,1-5H3/t11-/m1/s1. The number of fused-ring (bicyclic) bond motifs is 1. The first-order valence-electron chi connectivity index (χ1n) is 6.19. The van der Waals surface area contributed by atoms with Gasteiger partial charge < -0.3 is 5.32 Å². The summed E-state index contributed by atoms with van der Waals surface area (Å²) < 4.78 is 0. The van der Waals surface area contributed by atoms with Gasteiger partial charge in [0.15, 0.2) is 0 Å². The highest BCUT2D eigenvalue weighted by atomic mass is 15.0. The van der Waals surface area contributed by atoms with Crippen molar-refractivity contribution >= 4 is 0 Å². The van der Waals surface area contributed by atoms with Crippen molar-refractivity contribution in [2.75, 3.05) is 0 Å². The normalized spacial score (nSPS) is 26.9. The van der Waals surface area contributed by atoms with Crippen molar-refractivity contribution in [3.8, 4) is 0 Å². The molecule has 1 aromatic carbocycles. The number of nitrogens with one attached hydrogen (secondary N) is 1. The molecule has 0 amide bonds. The Labute approximate surface area is 99.3 Å². The summed E-state index contributed by atoms with van der Waals surface area (Å²) in [7, 11) is 0. The zero-order valence-corrected chi connectivity index (χ0v) is 11.1. The van der Waals surface area contributed by atoms with E-state index in [0.717, 1.165) is 0 Å². The van der Waals surface area contributed by atoms with Crippen LogP contribution in [0.4, 0.5) is 0 Å². The number of rotatable bonds is 0. The van der Waals surface area contributed by atoms with Crippen LogP contribution in [0.3, 0.4) is 0 Å². The molecule has 0 saturated heterocycles. The van der Waals surface area contributed by atoms with Crippen LogP contribution in [-0.4, -0.2) is 5.54 Å². The predicted octanol–water partition coefficient (Wildman–Crippen LogP) is 3.80. The maximum absolute atomic E-state index is 3.73. The maximum atomic E-state index is 3.73. The minimum Gasteiger partial charge on any atom is -0.305 e. The van der Waals surface area contributed by atoms with E-state index >= 15 is 0 Å². The van der Waals surface area contributed by atoms with Gasteiger partial charge in [-0.05, 0) is 43.7 Å². The molecule has 0 radical (unpaired) electrons. The summed E-state index contributed by atoms with van der Waals surface area (Å²) in [6.45, 7) is 11.6. The van der Waals surface area contributed by atoms with Crippen molar-refractivity contribution in [3.63, 3.8) is 0 Å². The van der Waals surface area contributed by atoms with Crippen LogP contribution in [0.5, 0.6) is 0 Å². The predicted molar refractivity (Wildman–Crippen MR) is 69.7 cm³/mol. The van der Waals surface area contributed by atoms with Crippen molar-refractivity contribution in [1.29, 1.82) is 0 Å². The Balaban J connectivity index is 2.55. The van der Waals surface area contributed by atoms with Crippen LogP contribution in [0.25, 0.3) is 0 Å². The topological polar surface area (TPSA) is 12.0 Å². The molecule has 0 bridgehead atoms. The van der Waals surface area contributed by atoms with Gasteiger partial charge in [-0.1, -0.05) is 38.1 Å². The Hall–Kier alpha value is -0.820. The third-order valence-electron chi connectivity index (χ3n) is 3.65. The molecular weight excluding hydrogens is 194 g/mol. The third-order valence-corrected chi connectivity index (χ3v) is 3.65. The van der Waals surface area contributed by atoms with Crippen LogP contribution < -0.4 is 5.32 Å². The molecule has 0 aliphatic carbocycles. The number of hydrogen-bond acceptors (Lipinski definition) is 1. The maximum Gasteiger partial charge on any atom is 0.0299 e. The van der Waals surface area contributed by atoms with Gasteiger partial charge in [-0.25, -0.2) is 0 Å². The summed E-state index contributed by atoms with van der Waals surface area (Å²) in [5.41, 5.74) is 3.40. The Kier molecular flexibility index (Phi) is 2.62. The lowest BCUT2D eigenvalue weighted by Gasteiger charge is -2.33. The van der Waals surface area contributed by atoms with Gasteiger partial charge in [-0.2, -0.15) is 0 Å². The molecule has 1 atom stereocenters. The van der Waals surface area contributed by atoms with Gasteiger partial charge in [0.2, 0.25) is 0 Å². The van der Waals surface area contributed by atoms with E-state index in [1.807, 2.05) is 0 Å². The molecule has 1 nitrogen and oxygen atoms in total. The van der Waals surface area contributed by atoms with E-state index in [4.69, 9.17) is 0 Å². The quantitative estimate of drug-likeness (QED) is 0.697. The first-order chi connectivity index (χ1) is 7.32. The molecule has 0 unspecified atom stereocenters. The summed E-state index contributed by atoms with van der Waals surface area (Å²) in [4.78, 5) is 0. The molecule has 88 valence electrons. The zero-order valence-electron chi connectivity index (χ0n) is 11.1. The summed E-state index contributed by atoms with van der Waals surface area (Å²) in [6.07, 6.45) is 1.17. The van der Waals surface area contributed by atoms with Gasteiger partial charge in [-0.3, -0.25) is 0 Å². The average Bonchev–Trinajstić information content (AvgIpc) is 2.20. The molecule has 0 spiro atoms. The second kappa shape index (κ2) is 3.59. The minimum absolute atomic E-state index is 0.196. The lowest BCUT2D eigenvalue weighted by Crippen LogP contribution is -2.42. The third kappa shape index (κ3) is 2.01. The second-order valence-corrected chi connectivity index (χ2v) is 6.40. The van der Waals surface area contributed by atoms with E-state index in [0.29, 0.717) is 6.04 Å². The van der Waals surface area contributed by atoms with Crippen molar-refractivity contribution in [3.05, 3.63) is 35.4 Å². The molecule has 0 fully saturated rings. The van der Waals surface area contributed by atoms with Crippen LogP contribution in [0.1, 0.15) is 58.2 Å². The van der Waals surface area contributed by atoms with Gasteiger partial charge in [-0.15, -0.1) is 0 Å². The molecule has 1 heteroatoms. The van der Waals surface area contributed by atoms with E-state index in [1.54, 1.807) is 0 Å². The van der Waals surface area contributed by atoms with E-state index in [2.05, 4.69) is 64.2 Å². The van der Waals surface area contributed by atoms with Crippen LogP contribution in [-0.2, 0) is 5.41 Å². The minimum atomic E-state index is 0.196. The van der Waals surface area contributed by atoms with Gasteiger partial charge in [0.05, 0.1) is 0 Å². The van der Waals surface area contributed by atoms with Crippen molar-refractivity contribution in [2.45, 2.75) is 58.0 Å². The smallest absolute Gasteiger partial charge is 0.0299 e. The summed E-state index contributed by atoms with van der Waals surface area (Å²) >= 11 is 0. The molecule has 0 saturated carbocycles. The molecular formula is C15H23N. The SMILES string of the molecule is C[C@H]1NC(C)(C)CC(C)(C)c2ccccc21. The fourth-order valence-corrected chi connectivity index (χ4v) is 3.41. The van der Waals surface area contributed by atoms with Crippen molar-refractivity contribution in [2.24, 2.45) is 0 Å². The monoisotopic (exact) mass is 217 g/mol. The van der Waals surface area contributed by atoms with Gasteiger partial charge in [0.25, 0.3) is 0 Å². The van der Waals surface area contributed by atoms with E-state index in [-0.39, 0.29) is 11.0 Å².